The molecule has 7 nitrogen and oxygen atoms in total. The Balaban J connectivity index is 1.72. The average Bonchev–Trinajstić information content (AvgIpc) is 3.05. The maximum absolute atomic E-state index is 14.3. The van der Waals surface area contributed by atoms with E-state index in [1.54, 1.807) is 10.9 Å². The molecule has 1 aromatic heterocycles. The summed E-state index contributed by atoms with van der Waals surface area (Å²) in [6.07, 6.45) is 2.23. The van der Waals surface area contributed by atoms with Crippen molar-refractivity contribution in [1.82, 2.24) is 14.1 Å². The number of aromatic nitrogens is 2. The Morgan fingerprint density at radius 1 is 1.32 bits per heavy atom. The normalized spacial score (nSPS) is 12.5. The lowest BCUT2D eigenvalue weighted by molar-refractivity contribution is 0.0600. The SMILES string of the molecule is COC(=O)c1ccc(CN(CCc2ccc3cnn(C)c3c2)S(=O)[O-])c(F)c1. The first-order valence-electron chi connectivity index (χ1n) is 8.50. The van der Waals surface area contributed by atoms with Gasteiger partial charge in [-0.15, -0.1) is 0 Å². The number of hydrogen-bond acceptors (Lipinski definition) is 5. The number of methoxy groups -OCH3 is 1. The van der Waals surface area contributed by atoms with Gasteiger partial charge in [-0.05, 0) is 30.2 Å². The molecule has 28 heavy (non-hydrogen) atoms. The molecule has 1 heterocycles. The summed E-state index contributed by atoms with van der Waals surface area (Å²) < 4.78 is 44.9. The predicted molar refractivity (Wildman–Crippen MR) is 101 cm³/mol. The smallest absolute Gasteiger partial charge is 0.337 e. The number of carbonyl (C=O) groups excluding carboxylic acids is 1. The Labute approximate surface area is 164 Å². The van der Waals surface area contributed by atoms with Gasteiger partial charge < -0.3 is 9.29 Å². The van der Waals surface area contributed by atoms with Gasteiger partial charge in [-0.1, -0.05) is 18.2 Å². The van der Waals surface area contributed by atoms with Gasteiger partial charge in [-0.3, -0.25) is 8.89 Å². The van der Waals surface area contributed by atoms with E-state index in [0.29, 0.717) is 6.42 Å². The van der Waals surface area contributed by atoms with Gasteiger partial charge in [0.1, 0.15) is 5.82 Å². The molecule has 0 radical (unpaired) electrons. The number of benzene rings is 2. The minimum absolute atomic E-state index is 0.0722. The van der Waals surface area contributed by atoms with Gasteiger partial charge >= 0.3 is 5.97 Å². The van der Waals surface area contributed by atoms with E-state index in [2.05, 4.69) is 9.84 Å². The molecule has 0 amide bonds. The lowest BCUT2D eigenvalue weighted by Crippen LogP contribution is -2.28. The molecule has 9 heteroatoms. The Bertz CT molecular complexity index is 1040. The van der Waals surface area contributed by atoms with Gasteiger partial charge in [0.25, 0.3) is 0 Å². The summed E-state index contributed by atoms with van der Waals surface area (Å²) in [5, 5.41) is 5.19. The van der Waals surface area contributed by atoms with Crippen LogP contribution < -0.4 is 0 Å². The molecular formula is C19H19FN3O4S-. The van der Waals surface area contributed by atoms with Crippen molar-refractivity contribution in [2.75, 3.05) is 13.7 Å². The van der Waals surface area contributed by atoms with E-state index < -0.39 is 23.1 Å². The second-order valence-electron chi connectivity index (χ2n) is 6.29. The summed E-state index contributed by atoms with van der Waals surface area (Å²) >= 11 is -2.52. The summed E-state index contributed by atoms with van der Waals surface area (Å²) in [7, 11) is 3.05. The van der Waals surface area contributed by atoms with Gasteiger partial charge in [0, 0.05) is 42.4 Å². The minimum atomic E-state index is -2.52. The fraction of sp³-hybridized carbons (Fsp3) is 0.263. The summed E-state index contributed by atoms with van der Waals surface area (Å²) in [6, 6.07) is 9.65. The predicted octanol–water partition coefficient (Wildman–Crippen LogP) is 2.34. The molecule has 0 fully saturated rings. The quantitative estimate of drug-likeness (QED) is 0.446. The van der Waals surface area contributed by atoms with Gasteiger partial charge in [-0.25, -0.2) is 13.5 Å². The Kier molecular flexibility index (Phi) is 6.18. The van der Waals surface area contributed by atoms with Gasteiger partial charge in [0.05, 0.1) is 24.4 Å². The fourth-order valence-electron chi connectivity index (χ4n) is 2.92. The number of hydrogen-bond donors (Lipinski definition) is 0. The van der Waals surface area contributed by atoms with Crippen LogP contribution in [0.25, 0.3) is 10.9 Å². The maximum atomic E-state index is 14.3. The van der Waals surface area contributed by atoms with Crippen molar-refractivity contribution in [2.24, 2.45) is 7.05 Å². The number of nitrogens with zero attached hydrogens (tertiary/aromatic N) is 3. The summed E-state index contributed by atoms with van der Waals surface area (Å²) in [5.41, 5.74) is 2.16. The molecular weight excluding hydrogens is 385 g/mol. The number of esters is 1. The molecule has 0 aliphatic rings. The minimum Gasteiger partial charge on any atom is -0.760 e. The van der Waals surface area contributed by atoms with Gasteiger partial charge in [0.15, 0.2) is 0 Å². The molecule has 3 aromatic rings. The third-order valence-electron chi connectivity index (χ3n) is 4.50. The van der Waals surface area contributed by atoms with E-state index in [-0.39, 0.29) is 24.2 Å². The summed E-state index contributed by atoms with van der Waals surface area (Å²) in [6.45, 7) is 0.0645. The average molecular weight is 404 g/mol. The summed E-state index contributed by atoms with van der Waals surface area (Å²) in [4.78, 5) is 11.5. The highest BCUT2D eigenvalue weighted by Gasteiger charge is 2.14. The maximum Gasteiger partial charge on any atom is 0.337 e. The van der Waals surface area contributed by atoms with Gasteiger partial charge in [-0.2, -0.15) is 5.10 Å². The lowest BCUT2D eigenvalue weighted by atomic mass is 10.1. The summed E-state index contributed by atoms with van der Waals surface area (Å²) in [5.74, 6) is -1.31. The standard InChI is InChI=1S/C19H20FN3O4S/c1-22-18-9-13(3-4-15(18)11-21-22)7-8-23(28(25)26)12-16-6-5-14(10-17(16)20)19(24)27-2/h3-6,9-11H,7-8,12H2,1-2H3,(H,25,26)/p-1. The zero-order chi connectivity index (χ0) is 20.3. The molecule has 148 valence electrons. The first kappa shape index (κ1) is 20.1. The van der Waals surface area contributed by atoms with E-state index in [9.17, 15) is 17.9 Å². The number of halogens is 1. The van der Waals surface area contributed by atoms with Crippen LogP contribution >= 0.6 is 0 Å². The second-order valence-corrected chi connectivity index (χ2v) is 7.24. The van der Waals surface area contributed by atoms with Crippen LogP contribution in [0.4, 0.5) is 4.39 Å². The Hall–Kier alpha value is -2.62. The van der Waals surface area contributed by atoms with Crippen LogP contribution in [-0.4, -0.2) is 42.5 Å². The van der Waals surface area contributed by atoms with Crippen LogP contribution in [0, 0.1) is 5.82 Å². The number of aryl methyl sites for hydroxylation is 1. The Morgan fingerprint density at radius 3 is 2.79 bits per heavy atom. The number of rotatable bonds is 7. The van der Waals surface area contributed by atoms with Crippen molar-refractivity contribution in [3.05, 3.63) is 65.1 Å². The zero-order valence-electron chi connectivity index (χ0n) is 15.4. The van der Waals surface area contributed by atoms with E-state index in [0.717, 1.165) is 26.8 Å². The molecule has 0 bridgehead atoms. The zero-order valence-corrected chi connectivity index (χ0v) is 16.2. The van der Waals surface area contributed by atoms with Crippen LogP contribution in [0.2, 0.25) is 0 Å². The van der Waals surface area contributed by atoms with Crippen molar-refractivity contribution < 1.29 is 22.7 Å². The Morgan fingerprint density at radius 2 is 2.11 bits per heavy atom. The van der Waals surface area contributed by atoms with Crippen molar-refractivity contribution in [3.8, 4) is 0 Å². The first-order valence-corrected chi connectivity index (χ1v) is 9.54. The molecule has 0 saturated heterocycles. The number of ether oxygens (including phenoxy) is 1. The van der Waals surface area contributed by atoms with Crippen LogP contribution in [0.3, 0.4) is 0 Å². The van der Waals surface area contributed by atoms with E-state index in [1.165, 1.54) is 19.2 Å². The molecule has 1 unspecified atom stereocenters. The molecule has 0 spiro atoms. The highest BCUT2D eigenvalue weighted by molar-refractivity contribution is 7.76. The van der Waals surface area contributed by atoms with E-state index in [4.69, 9.17) is 0 Å². The largest absolute Gasteiger partial charge is 0.760 e. The molecule has 3 rings (SSSR count). The van der Waals surface area contributed by atoms with Crippen molar-refractivity contribution >= 4 is 28.1 Å². The van der Waals surface area contributed by atoms with Crippen LogP contribution in [0.5, 0.6) is 0 Å². The number of fused-ring (bicyclic) bond motifs is 1. The van der Waals surface area contributed by atoms with Crippen molar-refractivity contribution in [3.63, 3.8) is 0 Å². The molecule has 2 aromatic carbocycles. The van der Waals surface area contributed by atoms with E-state index >= 15 is 0 Å². The highest BCUT2D eigenvalue weighted by Crippen LogP contribution is 2.18. The molecule has 0 N–H and O–H groups in total. The molecule has 0 aliphatic carbocycles. The van der Waals surface area contributed by atoms with Gasteiger partial charge in [0.2, 0.25) is 0 Å². The third kappa shape index (κ3) is 4.44. The van der Waals surface area contributed by atoms with Crippen LogP contribution in [-0.2, 0) is 36.0 Å². The lowest BCUT2D eigenvalue weighted by Gasteiger charge is -2.24. The topological polar surface area (TPSA) is 87.5 Å². The van der Waals surface area contributed by atoms with Crippen molar-refractivity contribution in [2.45, 2.75) is 13.0 Å². The van der Waals surface area contributed by atoms with Crippen molar-refractivity contribution in [1.29, 1.82) is 0 Å². The van der Waals surface area contributed by atoms with Crippen LogP contribution in [0.15, 0.2) is 42.6 Å². The second kappa shape index (κ2) is 8.59. The molecule has 1 atom stereocenters. The fourth-order valence-corrected chi connectivity index (χ4v) is 3.40. The first-order chi connectivity index (χ1) is 13.4. The molecule has 0 aliphatic heterocycles. The van der Waals surface area contributed by atoms with E-state index in [1.807, 2.05) is 25.2 Å². The van der Waals surface area contributed by atoms with Crippen LogP contribution in [0.1, 0.15) is 21.5 Å². The third-order valence-corrected chi connectivity index (χ3v) is 5.23. The highest BCUT2D eigenvalue weighted by atomic mass is 32.2. The number of carbonyl (C=O) groups is 1. The monoisotopic (exact) mass is 404 g/mol. The molecule has 0 saturated carbocycles.